The molecule has 2 atom stereocenters. The van der Waals surface area contributed by atoms with E-state index in [2.05, 4.69) is 0 Å². The minimum Gasteiger partial charge on any atom is -0.395 e. The van der Waals surface area contributed by atoms with Crippen LogP contribution in [-0.2, 0) is 19.9 Å². The molecule has 1 aliphatic rings. The first kappa shape index (κ1) is 17.3. The third-order valence-corrected chi connectivity index (χ3v) is 7.04. The Labute approximate surface area is 128 Å². The zero-order valence-corrected chi connectivity index (χ0v) is 13.1. The molecule has 0 bridgehead atoms. The number of hydrogen-bond donors (Lipinski definition) is 2. The van der Waals surface area contributed by atoms with Gasteiger partial charge in [-0.25, -0.2) is 21.2 Å². The summed E-state index contributed by atoms with van der Waals surface area (Å²) in [6, 6.07) is 2.85. The van der Waals surface area contributed by atoms with Crippen molar-refractivity contribution in [1.82, 2.24) is 4.31 Å². The molecule has 7 nitrogen and oxygen atoms in total. The summed E-state index contributed by atoms with van der Waals surface area (Å²) in [6.07, 6.45) is -1.37. The number of aliphatic hydroxyl groups excluding tert-OH is 2. The number of aliphatic hydroxyl groups is 2. The maximum Gasteiger partial charge on any atom is 0.243 e. The summed E-state index contributed by atoms with van der Waals surface area (Å²) < 4.78 is 62.0. The van der Waals surface area contributed by atoms with Crippen molar-refractivity contribution in [3.8, 4) is 0 Å². The van der Waals surface area contributed by atoms with Crippen molar-refractivity contribution < 1.29 is 31.4 Å². The molecule has 2 rings (SSSR count). The Morgan fingerprint density at radius 1 is 1.23 bits per heavy atom. The Bertz CT molecular complexity index is 731. The van der Waals surface area contributed by atoms with E-state index in [-0.39, 0.29) is 11.4 Å². The van der Waals surface area contributed by atoms with Gasteiger partial charge in [-0.2, -0.15) is 4.31 Å². The van der Waals surface area contributed by atoms with Crippen LogP contribution in [-0.4, -0.2) is 68.2 Å². The van der Waals surface area contributed by atoms with Crippen molar-refractivity contribution in [2.45, 2.75) is 17.0 Å². The summed E-state index contributed by atoms with van der Waals surface area (Å²) in [5, 5.41) is 18.9. The number of hydrogen-bond acceptors (Lipinski definition) is 6. The summed E-state index contributed by atoms with van der Waals surface area (Å²) in [7, 11) is -7.72. The predicted octanol–water partition coefficient (Wildman–Crippen LogP) is -1.03. The number of benzene rings is 1. The van der Waals surface area contributed by atoms with E-state index in [0.29, 0.717) is 0 Å². The Hall–Kier alpha value is -1.07. The lowest BCUT2D eigenvalue weighted by Gasteiger charge is -2.28. The van der Waals surface area contributed by atoms with Crippen LogP contribution in [0.5, 0.6) is 0 Å². The molecule has 0 amide bonds. The van der Waals surface area contributed by atoms with E-state index in [4.69, 9.17) is 5.11 Å². The quantitative estimate of drug-likeness (QED) is 0.700. The van der Waals surface area contributed by atoms with Crippen LogP contribution in [0.3, 0.4) is 0 Å². The second-order valence-corrected chi connectivity index (χ2v) is 9.05. The van der Waals surface area contributed by atoms with Gasteiger partial charge in [0, 0.05) is 6.54 Å². The topological polar surface area (TPSA) is 112 Å². The van der Waals surface area contributed by atoms with Crippen LogP contribution in [0.25, 0.3) is 0 Å². The van der Waals surface area contributed by atoms with Crippen molar-refractivity contribution in [1.29, 1.82) is 0 Å². The Morgan fingerprint density at radius 3 is 2.27 bits per heavy atom. The molecule has 0 aliphatic carbocycles. The summed E-state index contributed by atoms with van der Waals surface area (Å²) in [6.45, 7) is -0.902. The monoisotopic (exact) mass is 353 g/mol. The molecule has 0 aromatic heterocycles. The second-order valence-electron chi connectivity index (χ2n) is 5.00. The highest BCUT2D eigenvalue weighted by Gasteiger charge is 2.44. The van der Waals surface area contributed by atoms with Gasteiger partial charge in [0.1, 0.15) is 5.82 Å². The maximum atomic E-state index is 12.9. The molecule has 1 saturated heterocycles. The molecular weight excluding hydrogens is 337 g/mol. The molecule has 0 spiro atoms. The Balaban J connectivity index is 2.41. The first-order valence-corrected chi connectivity index (χ1v) is 9.70. The van der Waals surface area contributed by atoms with Crippen molar-refractivity contribution in [2.75, 3.05) is 24.7 Å². The zero-order chi connectivity index (χ0) is 16.5. The van der Waals surface area contributed by atoms with Crippen LogP contribution in [0.4, 0.5) is 4.39 Å². The van der Waals surface area contributed by atoms with Crippen LogP contribution in [0.2, 0.25) is 0 Å². The molecule has 124 valence electrons. The molecule has 0 unspecified atom stereocenters. The second kappa shape index (κ2) is 6.20. The lowest BCUT2D eigenvalue weighted by molar-refractivity contribution is 0.117. The molecule has 1 heterocycles. The van der Waals surface area contributed by atoms with Gasteiger partial charge in [0.15, 0.2) is 9.84 Å². The lowest BCUT2D eigenvalue weighted by atomic mass is 10.2. The third kappa shape index (κ3) is 3.46. The van der Waals surface area contributed by atoms with E-state index in [1.807, 2.05) is 0 Å². The Morgan fingerprint density at radius 2 is 1.82 bits per heavy atom. The molecule has 1 fully saturated rings. The molecular formula is C12H16FNO6S2. The highest BCUT2D eigenvalue weighted by atomic mass is 32.2. The number of sulfonamides is 1. The number of sulfone groups is 1. The highest BCUT2D eigenvalue weighted by Crippen LogP contribution is 2.25. The van der Waals surface area contributed by atoms with Crippen molar-refractivity contribution in [3.05, 3.63) is 30.1 Å². The average Bonchev–Trinajstić information content (AvgIpc) is 2.69. The largest absolute Gasteiger partial charge is 0.395 e. The van der Waals surface area contributed by atoms with E-state index < -0.39 is 55.9 Å². The third-order valence-electron chi connectivity index (χ3n) is 3.40. The van der Waals surface area contributed by atoms with Crippen molar-refractivity contribution in [2.24, 2.45) is 0 Å². The fourth-order valence-corrected chi connectivity index (χ4v) is 5.93. The Kier molecular flexibility index (Phi) is 4.87. The summed E-state index contributed by atoms with van der Waals surface area (Å²) in [5.74, 6) is -1.66. The molecule has 1 aliphatic heterocycles. The first-order chi connectivity index (χ1) is 10.2. The normalized spacial score (nSPS) is 24.7. The smallest absolute Gasteiger partial charge is 0.243 e. The number of rotatable bonds is 5. The predicted molar refractivity (Wildman–Crippen MR) is 75.8 cm³/mol. The maximum absolute atomic E-state index is 12.9. The molecule has 1 aromatic carbocycles. The standard InChI is InChI=1S/C12H16FNO6S2/c13-9-1-3-10(4-2-9)22(19,20)14(5-6-15)11-7-21(17,18)8-12(11)16/h1-4,11-12,15-16H,5-8H2/t11-,12-/m1/s1. The van der Waals surface area contributed by atoms with Crippen LogP contribution in [0.1, 0.15) is 0 Å². The van der Waals surface area contributed by atoms with Crippen LogP contribution >= 0.6 is 0 Å². The minimum absolute atomic E-state index is 0.237. The van der Waals surface area contributed by atoms with Crippen molar-refractivity contribution in [3.63, 3.8) is 0 Å². The van der Waals surface area contributed by atoms with Gasteiger partial charge in [-0.15, -0.1) is 0 Å². The minimum atomic E-state index is -4.16. The van der Waals surface area contributed by atoms with Gasteiger partial charge in [0.05, 0.1) is 35.2 Å². The fraction of sp³-hybridized carbons (Fsp3) is 0.500. The van der Waals surface area contributed by atoms with Gasteiger partial charge in [0.2, 0.25) is 10.0 Å². The van der Waals surface area contributed by atoms with E-state index >= 15 is 0 Å². The molecule has 22 heavy (non-hydrogen) atoms. The van der Waals surface area contributed by atoms with Crippen molar-refractivity contribution >= 4 is 19.9 Å². The van der Waals surface area contributed by atoms with Gasteiger partial charge in [-0.05, 0) is 24.3 Å². The van der Waals surface area contributed by atoms with Gasteiger partial charge in [-0.1, -0.05) is 0 Å². The van der Waals surface area contributed by atoms with Crippen LogP contribution in [0, 0.1) is 5.82 Å². The van der Waals surface area contributed by atoms with Gasteiger partial charge in [-0.3, -0.25) is 0 Å². The average molecular weight is 353 g/mol. The zero-order valence-electron chi connectivity index (χ0n) is 11.5. The van der Waals surface area contributed by atoms with Gasteiger partial charge >= 0.3 is 0 Å². The van der Waals surface area contributed by atoms with Gasteiger partial charge in [0.25, 0.3) is 0 Å². The van der Waals surface area contributed by atoms with Gasteiger partial charge < -0.3 is 10.2 Å². The molecule has 2 N–H and O–H groups in total. The van der Waals surface area contributed by atoms with E-state index in [1.54, 1.807) is 0 Å². The van der Waals surface area contributed by atoms with E-state index in [9.17, 15) is 26.3 Å². The molecule has 1 aromatic rings. The molecule has 0 radical (unpaired) electrons. The summed E-state index contributed by atoms with van der Waals surface area (Å²) in [5.41, 5.74) is 0. The lowest BCUT2D eigenvalue weighted by Crippen LogP contribution is -2.47. The fourth-order valence-electron chi connectivity index (χ4n) is 2.39. The summed E-state index contributed by atoms with van der Waals surface area (Å²) >= 11 is 0. The first-order valence-electron chi connectivity index (χ1n) is 6.44. The SMILES string of the molecule is O=S1(=O)C[C@@H](O)[C@H](N(CCO)S(=O)(=O)c2ccc(F)cc2)C1. The summed E-state index contributed by atoms with van der Waals surface area (Å²) in [4.78, 5) is -0.237. The molecule has 10 heteroatoms. The van der Waals surface area contributed by atoms with Crippen LogP contribution < -0.4 is 0 Å². The van der Waals surface area contributed by atoms with Crippen LogP contribution in [0.15, 0.2) is 29.2 Å². The number of halogens is 1. The molecule has 0 saturated carbocycles. The number of nitrogens with zero attached hydrogens (tertiary/aromatic N) is 1. The van der Waals surface area contributed by atoms with E-state index in [0.717, 1.165) is 28.6 Å². The highest BCUT2D eigenvalue weighted by molar-refractivity contribution is 7.92. The van der Waals surface area contributed by atoms with E-state index in [1.165, 1.54) is 0 Å².